The van der Waals surface area contributed by atoms with E-state index < -0.39 is 0 Å². The summed E-state index contributed by atoms with van der Waals surface area (Å²) in [7, 11) is 2.23. The van der Waals surface area contributed by atoms with Crippen molar-refractivity contribution >= 4 is 12.4 Å². The topological polar surface area (TPSA) is 24.5 Å². The lowest BCUT2D eigenvalue weighted by atomic mass is 9.99. The highest BCUT2D eigenvalue weighted by Crippen LogP contribution is 2.15. The molecule has 0 aliphatic carbocycles. The monoisotopic (exact) mass is 248 g/mol. The number of hydrogen-bond acceptors (Lipinski definition) is 3. The van der Waals surface area contributed by atoms with Crippen molar-refractivity contribution in [2.24, 2.45) is 5.92 Å². The fraction of sp³-hybridized carbons (Fsp3) is 1.00. The van der Waals surface area contributed by atoms with Crippen LogP contribution in [0.15, 0.2) is 0 Å². The average molecular weight is 249 g/mol. The van der Waals surface area contributed by atoms with E-state index in [0.29, 0.717) is 6.10 Å². The van der Waals surface area contributed by atoms with Crippen LogP contribution in [0.5, 0.6) is 0 Å². The summed E-state index contributed by atoms with van der Waals surface area (Å²) < 4.78 is 5.66. The smallest absolute Gasteiger partial charge is 0.0702 e. The first-order valence-corrected chi connectivity index (χ1v) is 6.35. The van der Waals surface area contributed by atoms with E-state index in [-0.39, 0.29) is 12.4 Å². The second kappa shape index (κ2) is 7.49. The Morgan fingerprint density at radius 2 is 2.12 bits per heavy atom. The molecule has 4 heteroatoms. The van der Waals surface area contributed by atoms with Crippen molar-refractivity contribution in [2.75, 3.05) is 39.8 Å². The molecule has 0 radical (unpaired) electrons. The molecule has 2 aliphatic rings. The maximum atomic E-state index is 5.66. The van der Waals surface area contributed by atoms with Gasteiger partial charge in [-0.15, -0.1) is 12.4 Å². The van der Waals surface area contributed by atoms with Crippen LogP contribution in [0.4, 0.5) is 0 Å². The third-order valence-corrected chi connectivity index (χ3v) is 3.51. The van der Waals surface area contributed by atoms with E-state index in [1.54, 1.807) is 0 Å². The Labute approximate surface area is 105 Å². The SMILES string of the molecule is CN(CC1CCCNC1)CC1CCCO1.Cl. The minimum atomic E-state index is 0. The number of nitrogens with zero attached hydrogens (tertiary/aromatic N) is 1. The highest BCUT2D eigenvalue weighted by molar-refractivity contribution is 5.85. The van der Waals surface area contributed by atoms with E-state index in [9.17, 15) is 0 Å². The Kier molecular flexibility index (Phi) is 6.66. The van der Waals surface area contributed by atoms with Gasteiger partial charge in [0.25, 0.3) is 0 Å². The van der Waals surface area contributed by atoms with Gasteiger partial charge in [-0.1, -0.05) is 0 Å². The molecule has 2 saturated heterocycles. The molecule has 1 N–H and O–H groups in total. The normalized spacial score (nSPS) is 30.4. The first kappa shape index (κ1) is 14.2. The fourth-order valence-corrected chi connectivity index (χ4v) is 2.73. The van der Waals surface area contributed by atoms with Crippen LogP contribution in [-0.4, -0.2) is 50.8 Å². The average Bonchev–Trinajstić information content (AvgIpc) is 2.71. The zero-order valence-electron chi connectivity index (χ0n) is 10.3. The molecule has 0 aromatic carbocycles. The maximum absolute atomic E-state index is 5.66. The van der Waals surface area contributed by atoms with Gasteiger partial charge in [-0.05, 0) is 51.7 Å². The third kappa shape index (κ3) is 4.58. The van der Waals surface area contributed by atoms with Gasteiger partial charge in [-0.25, -0.2) is 0 Å². The zero-order valence-corrected chi connectivity index (χ0v) is 11.1. The Hall–Kier alpha value is 0.170. The Bertz CT molecular complexity index is 180. The number of piperidine rings is 1. The van der Waals surface area contributed by atoms with Crippen LogP contribution in [0.1, 0.15) is 25.7 Å². The molecule has 0 spiro atoms. The molecular formula is C12H25ClN2O. The Balaban J connectivity index is 0.00000128. The largest absolute Gasteiger partial charge is 0.377 e. The van der Waals surface area contributed by atoms with E-state index in [1.165, 1.54) is 45.3 Å². The lowest BCUT2D eigenvalue weighted by Gasteiger charge is -2.28. The van der Waals surface area contributed by atoms with Gasteiger partial charge in [-0.3, -0.25) is 0 Å². The summed E-state index contributed by atoms with van der Waals surface area (Å²) in [6, 6.07) is 0. The van der Waals surface area contributed by atoms with Crippen molar-refractivity contribution in [3.63, 3.8) is 0 Å². The summed E-state index contributed by atoms with van der Waals surface area (Å²) in [6.07, 6.45) is 5.75. The first-order valence-electron chi connectivity index (χ1n) is 6.35. The van der Waals surface area contributed by atoms with Crippen molar-refractivity contribution in [2.45, 2.75) is 31.8 Å². The van der Waals surface area contributed by atoms with Crippen molar-refractivity contribution in [3.05, 3.63) is 0 Å². The van der Waals surface area contributed by atoms with Crippen LogP contribution in [0.25, 0.3) is 0 Å². The molecule has 2 aliphatic heterocycles. The van der Waals surface area contributed by atoms with E-state index in [0.717, 1.165) is 19.1 Å². The molecule has 16 heavy (non-hydrogen) atoms. The number of hydrogen-bond donors (Lipinski definition) is 1. The molecule has 0 bridgehead atoms. The van der Waals surface area contributed by atoms with Gasteiger partial charge in [0.05, 0.1) is 6.10 Å². The van der Waals surface area contributed by atoms with Crippen molar-refractivity contribution < 1.29 is 4.74 Å². The van der Waals surface area contributed by atoms with E-state index in [1.807, 2.05) is 0 Å². The molecule has 0 aromatic heterocycles. The van der Waals surface area contributed by atoms with E-state index in [4.69, 9.17) is 4.74 Å². The van der Waals surface area contributed by atoms with Gasteiger partial charge in [0.1, 0.15) is 0 Å². The number of rotatable bonds is 4. The van der Waals surface area contributed by atoms with Crippen LogP contribution in [0.3, 0.4) is 0 Å². The molecule has 2 rings (SSSR count). The molecule has 0 aromatic rings. The molecule has 0 amide bonds. The quantitative estimate of drug-likeness (QED) is 0.817. The zero-order chi connectivity index (χ0) is 10.5. The molecule has 2 fully saturated rings. The molecule has 2 unspecified atom stereocenters. The maximum Gasteiger partial charge on any atom is 0.0702 e. The van der Waals surface area contributed by atoms with E-state index >= 15 is 0 Å². The van der Waals surface area contributed by atoms with Gasteiger partial charge in [0, 0.05) is 19.7 Å². The number of nitrogens with one attached hydrogen (secondary N) is 1. The molecule has 0 saturated carbocycles. The predicted molar refractivity (Wildman–Crippen MR) is 69.3 cm³/mol. The van der Waals surface area contributed by atoms with Crippen molar-refractivity contribution in [1.29, 1.82) is 0 Å². The van der Waals surface area contributed by atoms with Gasteiger partial charge in [0.2, 0.25) is 0 Å². The van der Waals surface area contributed by atoms with Gasteiger partial charge < -0.3 is 15.0 Å². The molecule has 2 heterocycles. The first-order chi connectivity index (χ1) is 7.34. The second-order valence-electron chi connectivity index (χ2n) is 5.07. The fourth-order valence-electron chi connectivity index (χ4n) is 2.73. The van der Waals surface area contributed by atoms with Gasteiger partial charge in [0.15, 0.2) is 0 Å². The van der Waals surface area contributed by atoms with Crippen LogP contribution in [-0.2, 0) is 4.74 Å². The van der Waals surface area contributed by atoms with Gasteiger partial charge in [-0.2, -0.15) is 0 Å². The summed E-state index contributed by atoms with van der Waals surface area (Å²) in [6.45, 7) is 5.74. The molecule has 2 atom stereocenters. The summed E-state index contributed by atoms with van der Waals surface area (Å²) in [5.41, 5.74) is 0. The van der Waals surface area contributed by atoms with E-state index in [2.05, 4.69) is 17.3 Å². The third-order valence-electron chi connectivity index (χ3n) is 3.51. The standard InChI is InChI=1S/C12H24N2O.ClH/c1-14(10-12-5-3-7-15-12)9-11-4-2-6-13-8-11;/h11-13H,2-10H2,1H3;1H. The highest BCUT2D eigenvalue weighted by atomic mass is 35.5. The minimum Gasteiger partial charge on any atom is -0.377 e. The summed E-state index contributed by atoms with van der Waals surface area (Å²) in [5, 5.41) is 3.48. The summed E-state index contributed by atoms with van der Waals surface area (Å²) in [4.78, 5) is 2.45. The molecular weight excluding hydrogens is 224 g/mol. The number of likely N-dealkylation sites (N-methyl/N-ethyl adjacent to an activating group) is 1. The van der Waals surface area contributed by atoms with Crippen molar-refractivity contribution in [3.8, 4) is 0 Å². The van der Waals surface area contributed by atoms with Crippen LogP contribution in [0.2, 0.25) is 0 Å². The highest BCUT2D eigenvalue weighted by Gasteiger charge is 2.20. The number of ether oxygens (including phenoxy) is 1. The van der Waals surface area contributed by atoms with Crippen LogP contribution >= 0.6 is 12.4 Å². The number of halogens is 1. The van der Waals surface area contributed by atoms with Crippen LogP contribution in [0, 0.1) is 5.92 Å². The Morgan fingerprint density at radius 1 is 1.25 bits per heavy atom. The Morgan fingerprint density at radius 3 is 2.75 bits per heavy atom. The second-order valence-corrected chi connectivity index (χ2v) is 5.07. The van der Waals surface area contributed by atoms with Crippen LogP contribution < -0.4 is 5.32 Å². The molecule has 3 nitrogen and oxygen atoms in total. The lowest BCUT2D eigenvalue weighted by Crippen LogP contribution is -2.39. The lowest BCUT2D eigenvalue weighted by molar-refractivity contribution is 0.0751. The predicted octanol–water partition coefficient (Wildman–Crippen LogP) is 1.52. The molecule has 96 valence electrons. The summed E-state index contributed by atoms with van der Waals surface area (Å²) in [5.74, 6) is 0.852. The minimum absolute atomic E-state index is 0. The van der Waals surface area contributed by atoms with Crippen molar-refractivity contribution in [1.82, 2.24) is 10.2 Å². The van der Waals surface area contributed by atoms with Gasteiger partial charge >= 0.3 is 0 Å². The summed E-state index contributed by atoms with van der Waals surface area (Å²) >= 11 is 0.